The average Bonchev–Trinajstić information content (AvgIpc) is 2.09. The first-order valence-corrected chi connectivity index (χ1v) is 4.73. The van der Waals surface area contributed by atoms with Gasteiger partial charge >= 0.3 is 0 Å². The number of nitrogen functional groups attached to an aromatic ring is 1. The summed E-state index contributed by atoms with van der Waals surface area (Å²) in [4.78, 5) is 11.7. The van der Waals surface area contributed by atoms with Crippen molar-refractivity contribution in [3.8, 4) is 0 Å². The molecule has 1 heterocycles. The molecule has 0 saturated carbocycles. The molecule has 0 aromatic carbocycles. The Morgan fingerprint density at radius 2 is 2.14 bits per heavy atom. The van der Waals surface area contributed by atoms with Crippen LogP contribution in [-0.4, -0.2) is 4.57 Å². The van der Waals surface area contributed by atoms with E-state index in [-0.39, 0.29) is 12.1 Å². The highest BCUT2D eigenvalue weighted by molar-refractivity contribution is 5.37. The van der Waals surface area contributed by atoms with Gasteiger partial charge in [-0.2, -0.15) is 0 Å². The van der Waals surface area contributed by atoms with Gasteiger partial charge in [-0.25, -0.2) is 0 Å². The predicted octanol–water partition coefficient (Wildman–Crippen LogP) is 0.545. The largest absolute Gasteiger partial charge is 0.398 e. The van der Waals surface area contributed by atoms with E-state index in [1.54, 1.807) is 16.8 Å². The number of nitrogens with two attached hydrogens (primary N) is 2. The third-order valence-electron chi connectivity index (χ3n) is 1.96. The Morgan fingerprint density at radius 1 is 1.50 bits per heavy atom. The van der Waals surface area contributed by atoms with Crippen molar-refractivity contribution >= 4 is 5.69 Å². The van der Waals surface area contributed by atoms with Gasteiger partial charge in [-0.3, -0.25) is 4.79 Å². The second kappa shape index (κ2) is 4.28. The summed E-state index contributed by atoms with van der Waals surface area (Å²) >= 11 is 0. The van der Waals surface area contributed by atoms with Crippen LogP contribution in [0.5, 0.6) is 0 Å². The Labute approximate surface area is 83.5 Å². The fourth-order valence-electron chi connectivity index (χ4n) is 1.40. The van der Waals surface area contributed by atoms with Crippen LogP contribution in [0.25, 0.3) is 0 Å². The summed E-state index contributed by atoms with van der Waals surface area (Å²) in [6.45, 7) is 5.02. The standard InChI is InChI=1S/C10H17N3O/c1-7(2)5-13-6-9(12)3-8(4-11)10(13)14/h3,6-7H,4-5,11-12H2,1-2H3. The molecular weight excluding hydrogens is 178 g/mol. The highest BCUT2D eigenvalue weighted by Gasteiger charge is 2.05. The molecule has 0 aliphatic carbocycles. The van der Waals surface area contributed by atoms with Crippen molar-refractivity contribution in [3.05, 3.63) is 28.2 Å². The summed E-state index contributed by atoms with van der Waals surface area (Å²) in [7, 11) is 0. The highest BCUT2D eigenvalue weighted by atomic mass is 16.1. The monoisotopic (exact) mass is 195 g/mol. The lowest BCUT2D eigenvalue weighted by Crippen LogP contribution is -2.27. The van der Waals surface area contributed by atoms with Crippen molar-refractivity contribution in [2.75, 3.05) is 5.73 Å². The lowest BCUT2D eigenvalue weighted by atomic mass is 10.2. The van der Waals surface area contributed by atoms with Crippen LogP contribution in [0, 0.1) is 5.92 Å². The number of pyridine rings is 1. The Hall–Kier alpha value is -1.29. The van der Waals surface area contributed by atoms with E-state index in [4.69, 9.17) is 11.5 Å². The molecule has 4 N–H and O–H groups in total. The molecule has 0 unspecified atom stereocenters. The highest BCUT2D eigenvalue weighted by Crippen LogP contribution is 2.04. The molecule has 4 heteroatoms. The number of hydrogen-bond donors (Lipinski definition) is 2. The van der Waals surface area contributed by atoms with Gasteiger partial charge in [-0.1, -0.05) is 13.8 Å². The van der Waals surface area contributed by atoms with Crippen molar-refractivity contribution in [2.24, 2.45) is 11.7 Å². The lowest BCUT2D eigenvalue weighted by molar-refractivity contribution is 0.509. The van der Waals surface area contributed by atoms with Crippen LogP contribution >= 0.6 is 0 Å². The van der Waals surface area contributed by atoms with Crippen molar-refractivity contribution in [1.29, 1.82) is 0 Å². The van der Waals surface area contributed by atoms with Gasteiger partial charge < -0.3 is 16.0 Å². The average molecular weight is 195 g/mol. The topological polar surface area (TPSA) is 74.0 Å². The van der Waals surface area contributed by atoms with E-state index < -0.39 is 0 Å². The van der Waals surface area contributed by atoms with Gasteiger partial charge in [-0.05, 0) is 12.0 Å². The van der Waals surface area contributed by atoms with E-state index in [0.29, 0.717) is 23.7 Å². The first-order chi connectivity index (χ1) is 6.54. The van der Waals surface area contributed by atoms with E-state index in [1.165, 1.54) is 0 Å². The first-order valence-electron chi connectivity index (χ1n) is 4.73. The summed E-state index contributed by atoms with van der Waals surface area (Å²) in [5, 5.41) is 0. The van der Waals surface area contributed by atoms with Gasteiger partial charge in [0, 0.05) is 30.5 Å². The molecule has 0 bridgehead atoms. The summed E-state index contributed by atoms with van der Waals surface area (Å²) in [5.41, 5.74) is 12.2. The van der Waals surface area contributed by atoms with E-state index in [0.717, 1.165) is 0 Å². The Kier molecular flexibility index (Phi) is 3.30. The molecule has 0 spiro atoms. The van der Waals surface area contributed by atoms with E-state index >= 15 is 0 Å². The van der Waals surface area contributed by atoms with E-state index in [9.17, 15) is 4.79 Å². The summed E-state index contributed by atoms with van der Waals surface area (Å²) in [5.74, 6) is 0.417. The number of hydrogen-bond acceptors (Lipinski definition) is 3. The van der Waals surface area contributed by atoms with Crippen LogP contribution in [0.2, 0.25) is 0 Å². The summed E-state index contributed by atoms with van der Waals surface area (Å²) < 4.78 is 1.63. The van der Waals surface area contributed by atoms with Crippen molar-refractivity contribution in [2.45, 2.75) is 26.9 Å². The minimum atomic E-state index is -0.0320. The van der Waals surface area contributed by atoms with E-state index in [2.05, 4.69) is 13.8 Å². The number of nitrogens with zero attached hydrogens (tertiary/aromatic N) is 1. The van der Waals surface area contributed by atoms with Crippen molar-refractivity contribution in [3.63, 3.8) is 0 Å². The maximum atomic E-state index is 11.7. The van der Waals surface area contributed by atoms with Gasteiger partial charge in [-0.15, -0.1) is 0 Å². The van der Waals surface area contributed by atoms with Crippen LogP contribution < -0.4 is 17.0 Å². The minimum Gasteiger partial charge on any atom is -0.398 e. The molecule has 78 valence electrons. The molecule has 0 aliphatic rings. The third kappa shape index (κ3) is 2.35. The molecule has 0 aliphatic heterocycles. The second-order valence-corrected chi connectivity index (χ2v) is 3.85. The fraction of sp³-hybridized carbons (Fsp3) is 0.500. The molecule has 14 heavy (non-hydrogen) atoms. The normalized spacial score (nSPS) is 10.9. The Bertz CT molecular complexity index is 368. The SMILES string of the molecule is CC(C)Cn1cc(N)cc(CN)c1=O. The van der Waals surface area contributed by atoms with Crippen LogP contribution in [0.3, 0.4) is 0 Å². The van der Waals surface area contributed by atoms with Gasteiger partial charge in [0.15, 0.2) is 0 Å². The van der Waals surface area contributed by atoms with Gasteiger partial charge in [0.05, 0.1) is 0 Å². The van der Waals surface area contributed by atoms with Crippen molar-refractivity contribution in [1.82, 2.24) is 4.57 Å². The second-order valence-electron chi connectivity index (χ2n) is 3.85. The molecule has 4 nitrogen and oxygen atoms in total. The number of aromatic nitrogens is 1. The summed E-state index contributed by atoms with van der Waals surface area (Å²) in [6, 6.07) is 1.64. The van der Waals surface area contributed by atoms with Gasteiger partial charge in [0.25, 0.3) is 5.56 Å². The molecule has 1 aromatic heterocycles. The van der Waals surface area contributed by atoms with Crippen LogP contribution in [-0.2, 0) is 13.1 Å². The molecule has 1 aromatic rings. The van der Waals surface area contributed by atoms with Crippen LogP contribution in [0.1, 0.15) is 19.4 Å². The maximum Gasteiger partial charge on any atom is 0.255 e. The molecule has 0 amide bonds. The fourth-order valence-corrected chi connectivity index (χ4v) is 1.40. The lowest BCUT2D eigenvalue weighted by Gasteiger charge is -2.10. The Balaban J connectivity index is 3.16. The third-order valence-corrected chi connectivity index (χ3v) is 1.96. The number of rotatable bonds is 3. The quantitative estimate of drug-likeness (QED) is 0.739. The van der Waals surface area contributed by atoms with E-state index in [1.807, 2.05) is 0 Å². The molecule has 0 atom stereocenters. The molecule has 0 saturated heterocycles. The van der Waals surface area contributed by atoms with Gasteiger partial charge in [0.1, 0.15) is 0 Å². The zero-order valence-electron chi connectivity index (χ0n) is 8.66. The predicted molar refractivity (Wildman–Crippen MR) is 57.8 cm³/mol. The molecular formula is C10H17N3O. The minimum absolute atomic E-state index is 0.0320. The Morgan fingerprint density at radius 3 is 2.64 bits per heavy atom. The summed E-state index contributed by atoms with van der Waals surface area (Å²) in [6.07, 6.45) is 1.67. The molecule has 0 fully saturated rings. The van der Waals surface area contributed by atoms with Gasteiger partial charge in [0.2, 0.25) is 0 Å². The zero-order valence-corrected chi connectivity index (χ0v) is 8.66. The number of anilines is 1. The molecule has 1 rings (SSSR count). The zero-order chi connectivity index (χ0) is 10.7. The van der Waals surface area contributed by atoms with Crippen molar-refractivity contribution < 1.29 is 0 Å². The smallest absolute Gasteiger partial charge is 0.255 e. The van der Waals surface area contributed by atoms with Crippen LogP contribution in [0.4, 0.5) is 5.69 Å². The maximum absolute atomic E-state index is 11.7. The first kappa shape index (κ1) is 10.8. The molecule has 0 radical (unpaired) electrons. The van der Waals surface area contributed by atoms with Crippen LogP contribution in [0.15, 0.2) is 17.1 Å².